The van der Waals surface area contributed by atoms with Crippen LogP contribution in [0.25, 0.3) is 0 Å². The molecule has 0 aliphatic carbocycles. The van der Waals surface area contributed by atoms with E-state index >= 15 is 0 Å². The molecule has 1 aromatic carbocycles. The lowest BCUT2D eigenvalue weighted by molar-refractivity contribution is 0.884. The maximum Gasteiger partial charge on any atom is 0.129 e. The summed E-state index contributed by atoms with van der Waals surface area (Å²) in [5.74, 6) is 0. The summed E-state index contributed by atoms with van der Waals surface area (Å²) in [6.45, 7) is 4.81. The van der Waals surface area contributed by atoms with E-state index in [1.165, 1.54) is 11.1 Å². The molecule has 1 heterocycles. The van der Waals surface area contributed by atoms with Crippen molar-refractivity contribution in [3.63, 3.8) is 0 Å². The molecule has 1 aromatic heterocycles. The predicted octanol–water partition coefficient (Wildman–Crippen LogP) is 4.64. The highest BCUT2D eigenvalue weighted by Crippen LogP contribution is 2.22. The summed E-state index contributed by atoms with van der Waals surface area (Å²) in [7, 11) is 2.02. The first-order valence-corrected chi connectivity index (χ1v) is 6.81. The van der Waals surface area contributed by atoms with Gasteiger partial charge in [0.25, 0.3) is 0 Å². The van der Waals surface area contributed by atoms with Crippen LogP contribution in [-0.2, 0) is 6.54 Å². The van der Waals surface area contributed by atoms with Gasteiger partial charge in [0.05, 0.1) is 17.3 Å². The van der Waals surface area contributed by atoms with Gasteiger partial charge in [-0.3, -0.25) is 0 Å². The van der Waals surface area contributed by atoms with Gasteiger partial charge in [-0.05, 0) is 49.2 Å². The number of halogens is 2. The van der Waals surface area contributed by atoms with Crippen molar-refractivity contribution in [3.8, 4) is 0 Å². The predicted molar refractivity (Wildman–Crippen MR) is 82.3 cm³/mol. The zero-order valence-corrected chi connectivity index (χ0v) is 12.8. The van der Waals surface area contributed by atoms with Crippen molar-refractivity contribution in [3.05, 3.63) is 57.3 Å². The first-order valence-electron chi connectivity index (χ1n) is 6.06. The molecule has 0 amide bonds. The molecule has 2 rings (SSSR count). The second kappa shape index (κ2) is 5.81. The molecule has 19 heavy (non-hydrogen) atoms. The summed E-state index contributed by atoms with van der Waals surface area (Å²) in [4.78, 5) is 6.39. The number of aryl methyl sites for hydroxylation is 2. The third kappa shape index (κ3) is 3.62. The fraction of sp³-hybridized carbons (Fsp3) is 0.267. The average Bonchev–Trinajstić information content (AvgIpc) is 2.32. The zero-order valence-electron chi connectivity index (χ0n) is 11.2. The molecule has 2 aromatic rings. The monoisotopic (exact) mass is 294 g/mol. The van der Waals surface area contributed by atoms with E-state index in [4.69, 9.17) is 23.2 Å². The van der Waals surface area contributed by atoms with Gasteiger partial charge in [-0.25, -0.2) is 4.98 Å². The van der Waals surface area contributed by atoms with Gasteiger partial charge in [-0.1, -0.05) is 29.3 Å². The molecule has 0 saturated carbocycles. The Hall–Kier alpha value is -1.25. The fourth-order valence-corrected chi connectivity index (χ4v) is 2.39. The molecular weight excluding hydrogens is 279 g/mol. The van der Waals surface area contributed by atoms with Crippen LogP contribution in [0, 0.1) is 13.8 Å². The number of nitrogens with zero attached hydrogens (tertiary/aromatic N) is 2. The van der Waals surface area contributed by atoms with Gasteiger partial charge in [0.15, 0.2) is 0 Å². The smallest absolute Gasteiger partial charge is 0.129 e. The summed E-state index contributed by atoms with van der Waals surface area (Å²) in [6.07, 6.45) is 0. The van der Waals surface area contributed by atoms with Gasteiger partial charge in [-0.15, -0.1) is 0 Å². The Labute approximate surface area is 124 Å². The van der Waals surface area contributed by atoms with Crippen LogP contribution in [0.15, 0.2) is 30.3 Å². The number of hydrogen-bond donors (Lipinski definition) is 0. The van der Waals surface area contributed by atoms with Crippen molar-refractivity contribution in [1.82, 2.24) is 4.98 Å². The van der Waals surface area contributed by atoms with Gasteiger partial charge < -0.3 is 4.90 Å². The van der Waals surface area contributed by atoms with Crippen LogP contribution in [0.4, 0.5) is 5.69 Å². The van der Waals surface area contributed by atoms with Crippen LogP contribution in [0.2, 0.25) is 10.2 Å². The molecule has 4 heteroatoms. The lowest BCUT2D eigenvalue weighted by atomic mass is 10.1. The molecule has 0 spiro atoms. The highest BCUT2D eigenvalue weighted by Gasteiger charge is 2.08. The van der Waals surface area contributed by atoms with Crippen LogP contribution in [0.1, 0.15) is 16.8 Å². The van der Waals surface area contributed by atoms with E-state index in [0.29, 0.717) is 16.7 Å². The summed E-state index contributed by atoms with van der Waals surface area (Å²) >= 11 is 12.1. The van der Waals surface area contributed by atoms with Crippen molar-refractivity contribution in [2.45, 2.75) is 20.4 Å². The summed E-state index contributed by atoms with van der Waals surface area (Å²) < 4.78 is 0. The van der Waals surface area contributed by atoms with E-state index in [2.05, 4.69) is 41.9 Å². The Morgan fingerprint density at radius 3 is 2.32 bits per heavy atom. The zero-order chi connectivity index (χ0) is 14.0. The molecule has 0 N–H and O–H groups in total. The highest BCUT2D eigenvalue weighted by molar-refractivity contribution is 6.32. The molecule has 0 saturated heterocycles. The minimum Gasteiger partial charge on any atom is -0.369 e. The van der Waals surface area contributed by atoms with Crippen LogP contribution >= 0.6 is 23.2 Å². The Balaban J connectivity index is 2.25. The number of aromatic nitrogens is 1. The number of rotatable bonds is 3. The Morgan fingerprint density at radius 2 is 1.68 bits per heavy atom. The normalized spacial score (nSPS) is 10.6. The quantitative estimate of drug-likeness (QED) is 0.767. The Bertz CT molecular complexity index is 576. The maximum absolute atomic E-state index is 6.14. The van der Waals surface area contributed by atoms with Gasteiger partial charge in [0.2, 0.25) is 0 Å². The number of benzene rings is 1. The van der Waals surface area contributed by atoms with Crippen LogP contribution in [0.5, 0.6) is 0 Å². The molecule has 0 fully saturated rings. The maximum atomic E-state index is 6.14. The lowest BCUT2D eigenvalue weighted by Gasteiger charge is -2.20. The summed E-state index contributed by atoms with van der Waals surface area (Å²) in [6, 6.07) is 9.92. The van der Waals surface area contributed by atoms with E-state index in [9.17, 15) is 0 Å². The molecule has 100 valence electrons. The van der Waals surface area contributed by atoms with Gasteiger partial charge in [-0.2, -0.15) is 0 Å². The van der Waals surface area contributed by atoms with E-state index in [0.717, 1.165) is 11.4 Å². The van der Waals surface area contributed by atoms with Crippen LogP contribution in [-0.4, -0.2) is 12.0 Å². The molecule has 0 aliphatic heterocycles. The van der Waals surface area contributed by atoms with Crippen molar-refractivity contribution in [2.24, 2.45) is 0 Å². The van der Waals surface area contributed by atoms with Crippen molar-refractivity contribution in [1.29, 1.82) is 0 Å². The average molecular weight is 295 g/mol. The molecular formula is C15H16Cl2N2. The first kappa shape index (κ1) is 14.2. The SMILES string of the molecule is Cc1cc(C)cc(N(C)Cc2nc(Cl)ccc2Cl)c1. The van der Waals surface area contributed by atoms with Crippen molar-refractivity contribution in [2.75, 3.05) is 11.9 Å². The second-order valence-electron chi connectivity index (χ2n) is 4.76. The Morgan fingerprint density at radius 1 is 1.05 bits per heavy atom. The topological polar surface area (TPSA) is 16.1 Å². The van der Waals surface area contributed by atoms with Gasteiger partial charge in [0.1, 0.15) is 5.15 Å². The van der Waals surface area contributed by atoms with Crippen molar-refractivity contribution >= 4 is 28.9 Å². The van der Waals surface area contributed by atoms with Gasteiger partial charge in [0, 0.05) is 12.7 Å². The fourth-order valence-electron chi connectivity index (χ4n) is 2.06. The molecule has 0 radical (unpaired) electrons. The third-order valence-electron chi connectivity index (χ3n) is 2.92. The summed E-state index contributed by atoms with van der Waals surface area (Å²) in [5.41, 5.74) is 4.42. The number of pyridine rings is 1. The van der Waals surface area contributed by atoms with Crippen LogP contribution < -0.4 is 4.90 Å². The minimum atomic E-state index is 0.466. The third-order valence-corrected chi connectivity index (χ3v) is 3.47. The second-order valence-corrected chi connectivity index (χ2v) is 5.56. The lowest BCUT2D eigenvalue weighted by Crippen LogP contribution is -2.17. The molecule has 0 aliphatic rings. The Kier molecular flexibility index (Phi) is 4.33. The van der Waals surface area contributed by atoms with E-state index in [1.807, 2.05) is 7.05 Å². The standard InChI is InChI=1S/C15H16Cl2N2/c1-10-6-11(2)8-12(7-10)19(3)9-14-13(16)4-5-15(17)18-14/h4-8H,9H2,1-3H3. The molecule has 0 bridgehead atoms. The van der Waals surface area contributed by atoms with Gasteiger partial charge >= 0.3 is 0 Å². The van der Waals surface area contributed by atoms with Crippen molar-refractivity contribution < 1.29 is 0 Å². The van der Waals surface area contributed by atoms with E-state index in [-0.39, 0.29) is 0 Å². The highest BCUT2D eigenvalue weighted by atomic mass is 35.5. The van der Waals surface area contributed by atoms with E-state index < -0.39 is 0 Å². The number of hydrogen-bond acceptors (Lipinski definition) is 2. The molecule has 0 unspecified atom stereocenters. The largest absolute Gasteiger partial charge is 0.369 e. The van der Waals surface area contributed by atoms with Crippen LogP contribution in [0.3, 0.4) is 0 Å². The summed E-state index contributed by atoms with van der Waals surface area (Å²) in [5, 5.41) is 1.11. The minimum absolute atomic E-state index is 0.466. The number of anilines is 1. The van der Waals surface area contributed by atoms with E-state index in [1.54, 1.807) is 12.1 Å². The molecule has 0 atom stereocenters. The molecule has 2 nitrogen and oxygen atoms in total. The first-order chi connectivity index (χ1) is 8.95.